The fourth-order valence-corrected chi connectivity index (χ4v) is 5.41. The molecule has 74 valence electrons. The highest BCUT2D eigenvalue weighted by Gasteiger charge is 2.33. The van der Waals surface area contributed by atoms with Crippen molar-refractivity contribution in [3.8, 4) is 0 Å². The van der Waals surface area contributed by atoms with E-state index in [4.69, 9.17) is 9.79 Å². The van der Waals surface area contributed by atoms with Gasteiger partial charge in [-0.3, -0.25) is 0 Å². The molecule has 0 aromatic carbocycles. The van der Waals surface area contributed by atoms with E-state index in [0.29, 0.717) is 11.4 Å². The summed E-state index contributed by atoms with van der Waals surface area (Å²) in [6, 6.07) is 0. The van der Waals surface area contributed by atoms with E-state index < -0.39 is 14.6 Å². The molecule has 0 bridgehead atoms. The summed E-state index contributed by atoms with van der Waals surface area (Å²) in [5, 5.41) is 0. The third-order valence-corrected chi connectivity index (χ3v) is 6.51. The van der Waals surface area contributed by atoms with E-state index in [1.54, 1.807) is 0 Å². The van der Waals surface area contributed by atoms with Gasteiger partial charge in [-0.1, -0.05) is 0 Å². The molecule has 12 heavy (non-hydrogen) atoms. The minimum Gasteiger partial charge on any atom is -0.302 e. The Kier molecular flexibility index (Phi) is 5.44. The molecule has 0 aliphatic heterocycles. The molecule has 10 heteroatoms. The van der Waals surface area contributed by atoms with E-state index >= 15 is 0 Å². The highest BCUT2D eigenvalue weighted by molar-refractivity contribution is 8.56. The Balaban J connectivity index is 4.35. The topological polar surface area (TPSA) is 93.1 Å². The van der Waals surface area contributed by atoms with Gasteiger partial charge in [-0.25, -0.2) is 13.1 Å². The summed E-state index contributed by atoms with van der Waals surface area (Å²) in [5.41, 5.74) is 0. The van der Waals surface area contributed by atoms with Gasteiger partial charge in [0, 0.05) is 6.26 Å². The smallest absolute Gasteiger partial charge is 0.302 e. The van der Waals surface area contributed by atoms with Crippen molar-refractivity contribution >= 4 is 38.0 Å². The van der Waals surface area contributed by atoms with E-state index in [0.717, 1.165) is 12.0 Å². The molecule has 0 radical (unpaired) electrons. The second kappa shape index (κ2) is 5.02. The van der Waals surface area contributed by atoms with E-state index in [-0.39, 0.29) is 0 Å². The van der Waals surface area contributed by atoms with Gasteiger partial charge in [-0.15, -0.1) is 0 Å². The minimum atomic E-state index is -4.76. The molecule has 0 aromatic heterocycles. The molecule has 0 spiro atoms. The molecule has 6 nitrogen and oxygen atoms in total. The van der Waals surface area contributed by atoms with E-state index in [1.807, 2.05) is 0 Å². The van der Waals surface area contributed by atoms with E-state index in [1.165, 1.54) is 12.5 Å². The zero-order chi connectivity index (χ0) is 9.83. The van der Waals surface area contributed by atoms with Gasteiger partial charge in [0.15, 0.2) is 0 Å². The van der Waals surface area contributed by atoms with Crippen LogP contribution in [0, 0.1) is 0 Å². The summed E-state index contributed by atoms with van der Waals surface area (Å²) < 4.78 is 29.9. The van der Waals surface area contributed by atoms with E-state index in [9.17, 15) is 9.13 Å². The van der Waals surface area contributed by atoms with Crippen LogP contribution in [-0.2, 0) is 17.4 Å². The highest BCUT2D eigenvalue weighted by Crippen LogP contribution is 2.69. The largest absolute Gasteiger partial charge is 0.477 e. The lowest BCUT2D eigenvalue weighted by Crippen LogP contribution is -1.85. The molecule has 1 unspecified atom stereocenters. The van der Waals surface area contributed by atoms with Crippen molar-refractivity contribution in [2.24, 2.45) is 0 Å². The summed E-state index contributed by atoms with van der Waals surface area (Å²) in [6.45, 7) is -3.71. The van der Waals surface area contributed by atoms with Crippen molar-refractivity contribution in [1.29, 1.82) is 0 Å². The second-order valence-electron chi connectivity index (χ2n) is 1.44. The Morgan fingerprint density at radius 3 is 2.00 bits per heavy atom. The quantitative estimate of drug-likeness (QED) is 0.567. The lowest BCUT2D eigenvalue weighted by Gasteiger charge is -2.13. The van der Waals surface area contributed by atoms with Gasteiger partial charge >= 0.3 is 14.6 Å². The predicted octanol–water partition coefficient (Wildman–Crippen LogP) is 1.86. The minimum absolute atomic E-state index is 0.622. The molecule has 1 atom stereocenters. The van der Waals surface area contributed by atoms with Crippen LogP contribution in [0.5, 0.6) is 0 Å². The number of rotatable bonds is 5. The van der Waals surface area contributed by atoms with Gasteiger partial charge in [-0.2, -0.15) is 4.31 Å². The molecule has 0 heterocycles. The van der Waals surface area contributed by atoms with Gasteiger partial charge in [0.1, 0.15) is 0 Å². The SMILES string of the molecule is CSOP(=O)(OP(=O)(O)O)SC. The first-order valence-electron chi connectivity index (χ1n) is 2.48. The predicted molar refractivity (Wildman–Crippen MR) is 48.9 cm³/mol. The number of phosphoric acid groups is 1. The summed E-state index contributed by atoms with van der Waals surface area (Å²) >= 11 is 1.34. The summed E-state index contributed by atoms with van der Waals surface area (Å²) in [5.74, 6) is 0. The summed E-state index contributed by atoms with van der Waals surface area (Å²) in [7, 11) is -4.76. The molecule has 0 saturated carbocycles. The maximum Gasteiger partial charge on any atom is 0.477 e. The molecule has 0 saturated heterocycles. The molecule has 0 amide bonds. The van der Waals surface area contributed by atoms with Gasteiger partial charge in [0.25, 0.3) is 0 Å². The van der Waals surface area contributed by atoms with Crippen LogP contribution in [0.25, 0.3) is 0 Å². The average molecular weight is 254 g/mol. The maximum atomic E-state index is 11.2. The zero-order valence-corrected chi connectivity index (χ0v) is 9.66. The third-order valence-electron chi connectivity index (χ3n) is 0.596. The van der Waals surface area contributed by atoms with Crippen molar-refractivity contribution in [2.45, 2.75) is 0 Å². The van der Waals surface area contributed by atoms with Crippen LogP contribution in [-0.4, -0.2) is 22.3 Å². The van der Waals surface area contributed by atoms with Crippen molar-refractivity contribution in [1.82, 2.24) is 0 Å². The Labute approximate surface area is 78.1 Å². The van der Waals surface area contributed by atoms with Gasteiger partial charge < -0.3 is 9.79 Å². The molecule has 0 aliphatic rings. The van der Waals surface area contributed by atoms with Crippen molar-refractivity contribution in [3.63, 3.8) is 0 Å². The zero-order valence-electron chi connectivity index (χ0n) is 6.24. The van der Waals surface area contributed by atoms with Crippen LogP contribution < -0.4 is 0 Å². The van der Waals surface area contributed by atoms with Crippen LogP contribution >= 0.6 is 38.0 Å². The maximum absolute atomic E-state index is 11.2. The first-order valence-corrected chi connectivity index (χ1v) is 8.53. The standard InChI is InChI=1S/C2H8O6P2S2/c1-11-8-10(6,12-2)7-9(3,4)5/h1-2H3,(H2,3,4,5). The molecule has 0 aromatic rings. The molecular formula is C2H8O6P2S2. The lowest BCUT2D eigenvalue weighted by molar-refractivity contribution is 0.275. The molecule has 0 rings (SSSR count). The fourth-order valence-electron chi connectivity index (χ4n) is 0.299. The van der Waals surface area contributed by atoms with Crippen LogP contribution in [0.4, 0.5) is 0 Å². The first kappa shape index (κ1) is 13.0. The van der Waals surface area contributed by atoms with Crippen molar-refractivity contribution in [3.05, 3.63) is 0 Å². The highest BCUT2D eigenvalue weighted by atomic mass is 32.7. The summed E-state index contributed by atoms with van der Waals surface area (Å²) in [4.78, 5) is 16.7. The Bertz CT molecular complexity index is 224. The fraction of sp³-hybridized carbons (Fsp3) is 1.00. The Morgan fingerprint density at radius 1 is 1.25 bits per heavy atom. The van der Waals surface area contributed by atoms with E-state index in [2.05, 4.69) is 8.28 Å². The van der Waals surface area contributed by atoms with Crippen LogP contribution in [0.15, 0.2) is 0 Å². The lowest BCUT2D eigenvalue weighted by atomic mass is 12.0. The molecule has 2 N–H and O–H groups in total. The number of hydrogen-bond donors (Lipinski definition) is 2. The van der Waals surface area contributed by atoms with Gasteiger partial charge in [-0.05, 0) is 29.7 Å². The first-order chi connectivity index (χ1) is 5.33. The van der Waals surface area contributed by atoms with Crippen LogP contribution in [0.2, 0.25) is 0 Å². The molecule has 0 aliphatic carbocycles. The van der Waals surface area contributed by atoms with Crippen LogP contribution in [0.3, 0.4) is 0 Å². The second-order valence-corrected chi connectivity index (χ2v) is 7.70. The third kappa shape index (κ3) is 5.61. The molecule has 0 fully saturated rings. The van der Waals surface area contributed by atoms with Gasteiger partial charge in [0.05, 0.1) is 0 Å². The number of hydrogen-bond acceptors (Lipinski definition) is 6. The normalized spacial score (nSPS) is 17.3. The average Bonchev–Trinajstić information content (AvgIpc) is 1.84. The monoisotopic (exact) mass is 254 g/mol. The van der Waals surface area contributed by atoms with Gasteiger partial charge in [0.2, 0.25) is 0 Å². The Hall–Kier alpha value is 1.000. The molecular weight excluding hydrogens is 246 g/mol. The Morgan fingerprint density at radius 2 is 1.75 bits per heavy atom. The van der Waals surface area contributed by atoms with Crippen LogP contribution in [0.1, 0.15) is 0 Å². The van der Waals surface area contributed by atoms with Crippen molar-refractivity contribution < 1.29 is 27.2 Å². The summed E-state index contributed by atoms with van der Waals surface area (Å²) in [6.07, 6.45) is 2.83. The van der Waals surface area contributed by atoms with Crippen molar-refractivity contribution in [2.75, 3.05) is 12.5 Å².